The van der Waals surface area contributed by atoms with Gasteiger partial charge in [0.15, 0.2) is 0 Å². The van der Waals surface area contributed by atoms with Crippen LogP contribution in [-0.4, -0.2) is 5.11 Å². The zero-order valence-electron chi connectivity index (χ0n) is 6.81. The van der Waals surface area contributed by atoms with E-state index in [-0.39, 0.29) is 6.10 Å². The van der Waals surface area contributed by atoms with Gasteiger partial charge in [-0.05, 0) is 36.7 Å². The minimum Gasteiger partial charge on any atom is -0.389 e. The Morgan fingerprint density at radius 3 is 2.09 bits per heavy atom. The highest BCUT2D eigenvalue weighted by Gasteiger charge is 2.14. The van der Waals surface area contributed by atoms with Crippen molar-refractivity contribution in [1.82, 2.24) is 0 Å². The lowest BCUT2D eigenvalue weighted by Gasteiger charge is -2.03. The lowest BCUT2D eigenvalue weighted by molar-refractivity contribution is 0.198. The number of aliphatic hydroxyl groups is 1. The number of rotatable bonds is 1. The molecular formula is C8H11BrOS. The summed E-state index contributed by atoms with van der Waals surface area (Å²) in [6, 6.07) is 0. The van der Waals surface area contributed by atoms with Crippen LogP contribution < -0.4 is 0 Å². The summed E-state index contributed by atoms with van der Waals surface area (Å²) in [6.45, 7) is 5.87. The molecule has 1 nitrogen and oxygen atoms in total. The summed E-state index contributed by atoms with van der Waals surface area (Å²) in [5.74, 6) is 0. The zero-order valence-corrected chi connectivity index (χ0v) is 9.21. The molecule has 1 rings (SSSR count). The van der Waals surface area contributed by atoms with Crippen LogP contribution in [0.2, 0.25) is 0 Å². The van der Waals surface area contributed by atoms with E-state index in [0.29, 0.717) is 0 Å². The van der Waals surface area contributed by atoms with Gasteiger partial charge >= 0.3 is 0 Å². The molecule has 0 aromatic carbocycles. The molecule has 1 aromatic heterocycles. The van der Waals surface area contributed by atoms with Gasteiger partial charge in [-0.3, -0.25) is 0 Å². The van der Waals surface area contributed by atoms with E-state index in [9.17, 15) is 5.11 Å². The van der Waals surface area contributed by atoms with Crippen molar-refractivity contribution in [3.63, 3.8) is 0 Å². The second-order valence-corrected chi connectivity index (χ2v) is 4.84. The fourth-order valence-corrected chi connectivity index (χ4v) is 3.20. The highest BCUT2D eigenvalue weighted by atomic mass is 79.9. The number of hydrogen-bond acceptors (Lipinski definition) is 2. The third kappa shape index (κ3) is 1.66. The van der Waals surface area contributed by atoms with Crippen molar-refractivity contribution in [3.05, 3.63) is 19.8 Å². The summed E-state index contributed by atoms with van der Waals surface area (Å²) >= 11 is 5.17. The summed E-state index contributed by atoms with van der Waals surface area (Å²) in [5.41, 5.74) is 1.03. The fraction of sp³-hybridized carbons (Fsp3) is 0.500. The third-order valence-corrected chi connectivity index (χ3v) is 3.97. The lowest BCUT2D eigenvalue weighted by Crippen LogP contribution is -1.91. The van der Waals surface area contributed by atoms with Crippen LogP contribution in [-0.2, 0) is 0 Å². The highest BCUT2D eigenvalue weighted by Crippen LogP contribution is 2.35. The number of aryl methyl sites for hydroxylation is 2. The molecule has 1 N–H and O–H groups in total. The number of halogens is 1. The second-order valence-electron chi connectivity index (χ2n) is 2.62. The monoisotopic (exact) mass is 234 g/mol. The standard InChI is InChI=1S/C8H11BrOS/c1-4(10)7-5(2)11-6(3)8(7)9/h4,10H,1-3H3/t4-/m1/s1. The van der Waals surface area contributed by atoms with Crippen molar-refractivity contribution in [2.45, 2.75) is 26.9 Å². The van der Waals surface area contributed by atoms with Gasteiger partial charge in [0.25, 0.3) is 0 Å². The summed E-state index contributed by atoms with van der Waals surface area (Å²) in [5, 5.41) is 9.38. The molecule has 0 saturated heterocycles. The quantitative estimate of drug-likeness (QED) is 0.792. The zero-order chi connectivity index (χ0) is 8.59. The highest BCUT2D eigenvalue weighted by molar-refractivity contribution is 9.10. The Bertz CT molecular complexity index is 265. The van der Waals surface area contributed by atoms with Crippen molar-refractivity contribution in [2.24, 2.45) is 0 Å². The van der Waals surface area contributed by atoms with Crippen molar-refractivity contribution in [2.75, 3.05) is 0 Å². The summed E-state index contributed by atoms with van der Waals surface area (Å²) in [7, 11) is 0. The SMILES string of the molecule is Cc1sc(C)c([C@@H](C)O)c1Br. The van der Waals surface area contributed by atoms with E-state index < -0.39 is 0 Å². The van der Waals surface area contributed by atoms with Crippen LogP contribution in [0.3, 0.4) is 0 Å². The van der Waals surface area contributed by atoms with E-state index in [4.69, 9.17) is 0 Å². The van der Waals surface area contributed by atoms with Gasteiger partial charge in [-0.25, -0.2) is 0 Å². The van der Waals surface area contributed by atoms with Gasteiger partial charge in [0.2, 0.25) is 0 Å². The first kappa shape index (κ1) is 9.23. The molecule has 0 aliphatic carbocycles. The minimum absolute atomic E-state index is 0.366. The number of aliphatic hydroxyl groups excluding tert-OH is 1. The van der Waals surface area contributed by atoms with Crippen LogP contribution >= 0.6 is 27.3 Å². The maximum Gasteiger partial charge on any atom is 0.0783 e. The van der Waals surface area contributed by atoms with E-state index in [1.165, 1.54) is 9.75 Å². The van der Waals surface area contributed by atoms with Crippen molar-refractivity contribution in [1.29, 1.82) is 0 Å². The van der Waals surface area contributed by atoms with Gasteiger partial charge in [0.1, 0.15) is 0 Å². The van der Waals surface area contributed by atoms with Gasteiger partial charge < -0.3 is 5.11 Å². The molecule has 62 valence electrons. The summed E-state index contributed by atoms with van der Waals surface area (Å²) < 4.78 is 1.06. The largest absolute Gasteiger partial charge is 0.389 e. The molecule has 0 aliphatic heterocycles. The lowest BCUT2D eigenvalue weighted by atomic mass is 10.1. The molecule has 11 heavy (non-hydrogen) atoms. The van der Waals surface area contributed by atoms with E-state index in [1.807, 2.05) is 13.8 Å². The molecule has 1 atom stereocenters. The summed E-state index contributed by atoms with van der Waals surface area (Å²) in [6.07, 6.45) is -0.366. The minimum atomic E-state index is -0.366. The van der Waals surface area contributed by atoms with Crippen LogP contribution in [0.1, 0.15) is 28.3 Å². The van der Waals surface area contributed by atoms with Gasteiger partial charge in [0.05, 0.1) is 6.10 Å². The number of thiophene rings is 1. The fourth-order valence-electron chi connectivity index (χ4n) is 1.15. The van der Waals surface area contributed by atoms with Crippen LogP contribution in [0, 0.1) is 13.8 Å². The maximum absolute atomic E-state index is 9.38. The van der Waals surface area contributed by atoms with Crippen LogP contribution in [0.15, 0.2) is 4.47 Å². The Balaban J connectivity index is 3.22. The van der Waals surface area contributed by atoms with Crippen LogP contribution in [0.25, 0.3) is 0 Å². The van der Waals surface area contributed by atoms with Crippen LogP contribution in [0.4, 0.5) is 0 Å². The normalized spacial score (nSPS) is 13.5. The maximum atomic E-state index is 9.38. The Hall–Kier alpha value is 0.140. The Morgan fingerprint density at radius 1 is 1.36 bits per heavy atom. The average Bonchev–Trinajstić information content (AvgIpc) is 2.07. The molecule has 0 bridgehead atoms. The molecule has 0 unspecified atom stereocenters. The first-order valence-electron chi connectivity index (χ1n) is 3.47. The molecule has 1 heterocycles. The smallest absolute Gasteiger partial charge is 0.0783 e. The molecular weight excluding hydrogens is 224 g/mol. The average molecular weight is 235 g/mol. The van der Waals surface area contributed by atoms with E-state index >= 15 is 0 Å². The number of hydrogen-bond donors (Lipinski definition) is 1. The molecule has 1 aromatic rings. The van der Waals surface area contributed by atoms with Crippen molar-refractivity contribution in [3.8, 4) is 0 Å². The van der Waals surface area contributed by atoms with Gasteiger partial charge in [-0.2, -0.15) is 0 Å². The Kier molecular flexibility index (Phi) is 2.73. The molecule has 0 fully saturated rings. The Labute approximate surface area is 79.2 Å². The molecule has 0 aliphatic rings. The van der Waals surface area contributed by atoms with Crippen molar-refractivity contribution >= 4 is 27.3 Å². The predicted octanol–water partition coefficient (Wildman–Crippen LogP) is 3.18. The first-order valence-corrected chi connectivity index (χ1v) is 5.08. The second kappa shape index (κ2) is 3.25. The van der Waals surface area contributed by atoms with Gasteiger partial charge in [-0.1, -0.05) is 0 Å². The molecule has 0 spiro atoms. The van der Waals surface area contributed by atoms with Gasteiger partial charge in [0, 0.05) is 19.8 Å². The van der Waals surface area contributed by atoms with E-state index in [1.54, 1.807) is 18.3 Å². The summed E-state index contributed by atoms with van der Waals surface area (Å²) in [4.78, 5) is 2.43. The van der Waals surface area contributed by atoms with Gasteiger partial charge in [-0.15, -0.1) is 11.3 Å². The molecule has 3 heteroatoms. The molecule has 0 saturated carbocycles. The molecule has 0 radical (unpaired) electrons. The van der Waals surface area contributed by atoms with E-state index in [2.05, 4.69) is 15.9 Å². The first-order chi connectivity index (χ1) is 5.04. The Morgan fingerprint density at radius 2 is 1.91 bits per heavy atom. The predicted molar refractivity (Wildman–Crippen MR) is 52.1 cm³/mol. The van der Waals surface area contributed by atoms with Crippen molar-refractivity contribution < 1.29 is 5.11 Å². The third-order valence-electron chi connectivity index (χ3n) is 1.65. The topological polar surface area (TPSA) is 20.2 Å². The molecule has 0 amide bonds. The van der Waals surface area contributed by atoms with E-state index in [0.717, 1.165) is 10.0 Å². The van der Waals surface area contributed by atoms with Crippen LogP contribution in [0.5, 0.6) is 0 Å².